The van der Waals surface area contributed by atoms with Crippen molar-refractivity contribution < 1.29 is 13.9 Å². The maximum absolute atomic E-state index is 13.5. The molecule has 4 rings (SSSR count). The number of ether oxygens (including phenoxy) is 2. The van der Waals surface area contributed by atoms with E-state index in [4.69, 9.17) is 9.47 Å². The van der Waals surface area contributed by atoms with E-state index in [9.17, 15) is 4.39 Å². The standard InChI is InChI=1S/C21H21FN2O2/c1-25-21-18(9-6-15-3-2-10-23-19(15)21)20(24-11-13-26-14-12-24)16-4-7-17(22)8-5-16/h2-10,20H,11-14H2,1H3. The molecule has 0 spiro atoms. The van der Waals surface area contributed by atoms with Crippen molar-refractivity contribution >= 4 is 10.9 Å². The van der Waals surface area contributed by atoms with Gasteiger partial charge in [0.2, 0.25) is 0 Å². The molecule has 1 aliphatic heterocycles. The lowest BCUT2D eigenvalue weighted by Gasteiger charge is -2.35. The predicted molar refractivity (Wildman–Crippen MR) is 98.9 cm³/mol. The van der Waals surface area contributed by atoms with E-state index >= 15 is 0 Å². The van der Waals surface area contributed by atoms with Crippen molar-refractivity contribution in [2.24, 2.45) is 0 Å². The Balaban J connectivity index is 1.88. The molecular formula is C21H21FN2O2. The third kappa shape index (κ3) is 3.16. The number of hydrogen-bond acceptors (Lipinski definition) is 4. The molecule has 0 amide bonds. The second-order valence-electron chi connectivity index (χ2n) is 6.37. The monoisotopic (exact) mass is 352 g/mol. The van der Waals surface area contributed by atoms with Gasteiger partial charge in [0, 0.05) is 30.2 Å². The molecule has 0 bridgehead atoms. The molecule has 1 atom stereocenters. The van der Waals surface area contributed by atoms with Crippen LogP contribution in [0.1, 0.15) is 17.2 Å². The predicted octanol–water partition coefficient (Wildman–Crippen LogP) is 3.80. The molecule has 0 N–H and O–H groups in total. The Morgan fingerprint density at radius 3 is 2.58 bits per heavy atom. The number of benzene rings is 2. The van der Waals surface area contributed by atoms with Gasteiger partial charge in [0.25, 0.3) is 0 Å². The molecule has 5 heteroatoms. The highest BCUT2D eigenvalue weighted by atomic mass is 19.1. The SMILES string of the molecule is COc1c(C(c2ccc(F)cc2)N2CCOCC2)ccc2cccnc12. The topological polar surface area (TPSA) is 34.6 Å². The zero-order valence-corrected chi connectivity index (χ0v) is 14.7. The van der Waals surface area contributed by atoms with Crippen LogP contribution < -0.4 is 4.74 Å². The van der Waals surface area contributed by atoms with Crippen molar-refractivity contribution in [3.05, 3.63) is 71.7 Å². The normalized spacial score (nSPS) is 16.5. The average Bonchev–Trinajstić information content (AvgIpc) is 2.70. The summed E-state index contributed by atoms with van der Waals surface area (Å²) in [6, 6.07) is 14.8. The Hall–Kier alpha value is -2.50. The zero-order valence-electron chi connectivity index (χ0n) is 14.7. The lowest BCUT2D eigenvalue weighted by Crippen LogP contribution is -2.39. The average molecular weight is 352 g/mol. The molecule has 1 aromatic heterocycles. The van der Waals surface area contributed by atoms with E-state index in [1.807, 2.05) is 24.3 Å². The van der Waals surface area contributed by atoms with Gasteiger partial charge in [-0.3, -0.25) is 9.88 Å². The number of fused-ring (bicyclic) bond motifs is 1. The minimum Gasteiger partial charge on any atom is -0.494 e. The van der Waals surface area contributed by atoms with Crippen LogP contribution in [0.4, 0.5) is 4.39 Å². The summed E-state index contributed by atoms with van der Waals surface area (Å²) in [6.45, 7) is 2.99. The van der Waals surface area contributed by atoms with E-state index in [1.54, 1.807) is 13.3 Å². The molecule has 1 aliphatic rings. The summed E-state index contributed by atoms with van der Waals surface area (Å²) in [5, 5.41) is 1.04. The molecule has 2 heterocycles. The van der Waals surface area contributed by atoms with Gasteiger partial charge in [-0.1, -0.05) is 30.3 Å². The fourth-order valence-electron chi connectivity index (χ4n) is 3.63. The van der Waals surface area contributed by atoms with Gasteiger partial charge in [-0.05, 0) is 23.8 Å². The summed E-state index contributed by atoms with van der Waals surface area (Å²) < 4.78 is 24.8. The maximum atomic E-state index is 13.5. The van der Waals surface area contributed by atoms with Gasteiger partial charge in [-0.25, -0.2) is 4.39 Å². The molecule has 3 aromatic rings. The van der Waals surface area contributed by atoms with Crippen LogP contribution in [-0.2, 0) is 4.74 Å². The largest absolute Gasteiger partial charge is 0.494 e. The van der Waals surface area contributed by atoms with Gasteiger partial charge in [0.05, 0.1) is 26.4 Å². The summed E-state index contributed by atoms with van der Waals surface area (Å²) in [6.07, 6.45) is 1.77. The molecule has 1 saturated heterocycles. The highest BCUT2D eigenvalue weighted by molar-refractivity contribution is 5.86. The Bertz CT molecular complexity index is 892. The van der Waals surface area contributed by atoms with E-state index in [-0.39, 0.29) is 11.9 Å². The first-order valence-corrected chi connectivity index (χ1v) is 8.77. The first kappa shape index (κ1) is 16.9. The number of methoxy groups -OCH3 is 1. The summed E-state index contributed by atoms with van der Waals surface area (Å²) in [5.74, 6) is 0.533. The summed E-state index contributed by atoms with van der Waals surface area (Å²) >= 11 is 0. The Morgan fingerprint density at radius 2 is 1.85 bits per heavy atom. The quantitative estimate of drug-likeness (QED) is 0.715. The highest BCUT2D eigenvalue weighted by Crippen LogP contribution is 2.38. The minimum atomic E-state index is -0.235. The molecule has 2 aromatic carbocycles. The number of aromatic nitrogens is 1. The Labute approximate surface area is 152 Å². The van der Waals surface area contributed by atoms with Gasteiger partial charge in [0.1, 0.15) is 17.1 Å². The van der Waals surface area contributed by atoms with Gasteiger partial charge in [0.15, 0.2) is 0 Å². The summed E-state index contributed by atoms with van der Waals surface area (Å²) in [7, 11) is 1.67. The Kier molecular flexibility index (Phi) is 4.82. The van der Waals surface area contributed by atoms with Crippen LogP contribution in [0.25, 0.3) is 10.9 Å². The molecule has 4 nitrogen and oxygen atoms in total. The van der Waals surface area contributed by atoms with Crippen molar-refractivity contribution in [2.45, 2.75) is 6.04 Å². The van der Waals surface area contributed by atoms with Crippen LogP contribution in [-0.4, -0.2) is 43.3 Å². The number of halogens is 1. The zero-order chi connectivity index (χ0) is 17.9. The van der Waals surface area contributed by atoms with E-state index in [0.717, 1.165) is 40.9 Å². The van der Waals surface area contributed by atoms with Crippen molar-refractivity contribution in [2.75, 3.05) is 33.4 Å². The number of morpholine rings is 1. The molecule has 1 fully saturated rings. The van der Waals surface area contributed by atoms with Crippen LogP contribution >= 0.6 is 0 Å². The van der Waals surface area contributed by atoms with E-state index < -0.39 is 0 Å². The fourth-order valence-corrected chi connectivity index (χ4v) is 3.63. The molecule has 26 heavy (non-hydrogen) atoms. The molecule has 0 radical (unpaired) electrons. The second kappa shape index (κ2) is 7.40. The molecule has 134 valence electrons. The molecule has 1 unspecified atom stereocenters. The number of nitrogens with zero attached hydrogens (tertiary/aromatic N) is 2. The number of hydrogen-bond donors (Lipinski definition) is 0. The third-order valence-corrected chi connectivity index (χ3v) is 4.85. The fraction of sp³-hybridized carbons (Fsp3) is 0.286. The van der Waals surface area contributed by atoms with Crippen LogP contribution in [0.2, 0.25) is 0 Å². The Morgan fingerprint density at radius 1 is 1.08 bits per heavy atom. The first-order chi connectivity index (χ1) is 12.8. The number of pyridine rings is 1. The molecule has 0 saturated carbocycles. The maximum Gasteiger partial charge on any atom is 0.150 e. The van der Waals surface area contributed by atoms with E-state index in [1.165, 1.54) is 12.1 Å². The van der Waals surface area contributed by atoms with Crippen molar-refractivity contribution in [3.8, 4) is 5.75 Å². The van der Waals surface area contributed by atoms with Crippen molar-refractivity contribution in [3.63, 3.8) is 0 Å². The second-order valence-corrected chi connectivity index (χ2v) is 6.37. The molecule has 0 aliphatic carbocycles. The highest BCUT2D eigenvalue weighted by Gasteiger charge is 2.28. The van der Waals surface area contributed by atoms with E-state index in [0.29, 0.717) is 13.2 Å². The van der Waals surface area contributed by atoms with Crippen molar-refractivity contribution in [1.82, 2.24) is 9.88 Å². The first-order valence-electron chi connectivity index (χ1n) is 8.77. The van der Waals surface area contributed by atoms with Crippen LogP contribution in [0.5, 0.6) is 5.75 Å². The van der Waals surface area contributed by atoms with E-state index in [2.05, 4.69) is 22.0 Å². The molecular weight excluding hydrogens is 331 g/mol. The minimum absolute atomic E-state index is 0.0409. The van der Waals surface area contributed by atoms with Crippen LogP contribution in [0.3, 0.4) is 0 Å². The summed E-state index contributed by atoms with van der Waals surface area (Å²) in [4.78, 5) is 6.87. The third-order valence-electron chi connectivity index (χ3n) is 4.85. The van der Waals surface area contributed by atoms with Crippen LogP contribution in [0, 0.1) is 5.82 Å². The van der Waals surface area contributed by atoms with Gasteiger partial charge >= 0.3 is 0 Å². The van der Waals surface area contributed by atoms with Gasteiger partial charge < -0.3 is 9.47 Å². The number of rotatable bonds is 4. The lowest BCUT2D eigenvalue weighted by atomic mass is 9.94. The van der Waals surface area contributed by atoms with Crippen LogP contribution in [0.15, 0.2) is 54.7 Å². The summed E-state index contributed by atoms with van der Waals surface area (Å²) in [5.41, 5.74) is 2.90. The van der Waals surface area contributed by atoms with Crippen molar-refractivity contribution in [1.29, 1.82) is 0 Å². The van der Waals surface area contributed by atoms with Gasteiger partial charge in [-0.15, -0.1) is 0 Å². The lowest BCUT2D eigenvalue weighted by molar-refractivity contribution is 0.0236. The van der Waals surface area contributed by atoms with Gasteiger partial charge in [-0.2, -0.15) is 0 Å². The smallest absolute Gasteiger partial charge is 0.150 e.